The smallest absolute Gasteiger partial charge is 0.338 e. The van der Waals surface area contributed by atoms with Gasteiger partial charge >= 0.3 is 5.97 Å². The van der Waals surface area contributed by atoms with Crippen LogP contribution in [0.2, 0.25) is 0 Å². The largest absolute Gasteiger partial charge is 0.462 e. The van der Waals surface area contributed by atoms with Crippen molar-refractivity contribution >= 4 is 11.7 Å². The number of likely N-dealkylation sites (tertiary alicyclic amines) is 1. The van der Waals surface area contributed by atoms with Gasteiger partial charge in [-0.05, 0) is 51.2 Å². The fourth-order valence-corrected chi connectivity index (χ4v) is 2.21. The Morgan fingerprint density at radius 3 is 2.72 bits per heavy atom. The minimum Gasteiger partial charge on any atom is -0.462 e. The highest BCUT2D eigenvalue weighted by atomic mass is 16.5. The van der Waals surface area contributed by atoms with Gasteiger partial charge in [-0.1, -0.05) is 0 Å². The van der Waals surface area contributed by atoms with Crippen LogP contribution in [0, 0.1) is 0 Å². The van der Waals surface area contributed by atoms with Gasteiger partial charge in [0.2, 0.25) is 0 Å². The van der Waals surface area contributed by atoms with Crippen LogP contribution >= 0.6 is 0 Å². The summed E-state index contributed by atoms with van der Waals surface area (Å²) in [5.41, 5.74) is 1.66. The molecule has 0 saturated carbocycles. The van der Waals surface area contributed by atoms with Gasteiger partial charge < -0.3 is 15.0 Å². The maximum absolute atomic E-state index is 11.5. The molecule has 0 radical (unpaired) electrons. The second kappa shape index (κ2) is 5.87. The second-order valence-electron chi connectivity index (χ2n) is 4.69. The summed E-state index contributed by atoms with van der Waals surface area (Å²) in [6, 6.07) is 7.98. The number of hydrogen-bond donors (Lipinski definition) is 1. The van der Waals surface area contributed by atoms with Gasteiger partial charge in [0.1, 0.15) is 0 Å². The minimum absolute atomic E-state index is 0.260. The predicted molar refractivity (Wildman–Crippen MR) is 71.9 cm³/mol. The number of esters is 1. The van der Waals surface area contributed by atoms with Crippen LogP contribution in [0.15, 0.2) is 24.3 Å². The summed E-state index contributed by atoms with van der Waals surface area (Å²) >= 11 is 0. The SMILES string of the molecule is CCOC(=O)c1ccc(NC2CCN(C)C2)cc1. The van der Waals surface area contributed by atoms with E-state index in [-0.39, 0.29) is 5.97 Å². The number of rotatable bonds is 4. The highest BCUT2D eigenvalue weighted by Crippen LogP contribution is 2.16. The average molecular weight is 248 g/mol. The van der Waals surface area contributed by atoms with Crippen LogP contribution < -0.4 is 5.32 Å². The molecule has 0 bridgehead atoms. The molecular formula is C14H20N2O2. The topological polar surface area (TPSA) is 41.6 Å². The predicted octanol–water partition coefficient (Wildman–Crippen LogP) is 1.98. The summed E-state index contributed by atoms with van der Waals surface area (Å²) < 4.78 is 4.95. The van der Waals surface area contributed by atoms with Crippen molar-refractivity contribution in [3.63, 3.8) is 0 Å². The summed E-state index contributed by atoms with van der Waals surface area (Å²) in [6.45, 7) is 4.43. The van der Waals surface area contributed by atoms with Gasteiger partial charge in [-0.3, -0.25) is 0 Å². The number of carbonyl (C=O) groups is 1. The van der Waals surface area contributed by atoms with Crippen LogP contribution in [0.3, 0.4) is 0 Å². The molecule has 98 valence electrons. The van der Waals surface area contributed by atoms with E-state index in [1.807, 2.05) is 19.1 Å². The highest BCUT2D eigenvalue weighted by molar-refractivity contribution is 5.89. The van der Waals surface area contributed by atoms with E-state index >= 15 is 0 Å². The third-order valence-corrected chi connectivity index (χ3v) is 3.16. The van der Waals surface area contributed by atoms with E-state index in [2.05, 4.69) is 17.3 Å². The molecule has 1 aliphatic rings. The molecule has 2 rings (SSSR count). The average Bonchev–Trinajstić information content (AvgIpc) is 2.76. The van der Waals surface area contributed by atoms with E-state index in [9.17, 15) is 4.79 Å². The van der Waals surface area contributed by atoms with Crippen LogP contribution in [0.1, 0.15) is 23.7 Å². The molecule has 1 atom stereocenters. The molecule has 1 saturated heterocycles. The van der Waals surface area contributed by atoms with Gasteiger partial charge in [0.25, 0.3) is 0 Å². The number of nitrogens with one attached hydrogen (secondary N) is 1. The van der Waals surface area contributed by atoms with E-state index < -0.39 is 0 Å². The van der Waals surface area contributed by atoms with Crippen LogP contribution in [0.25, 0.3) is 0 Å². The normalized spacial score (nSPS) is 19.8. The number of benzene rings is 1. The second-order valence-corrected chi connectivity index (χ2v) is 4.69. The third-order valence-electron chi connectivity index (χ3n) is 3.16. The van der Waals surface area contributed by atoms with Crippen LogP contribution in [0.5, 0.6) is 0 Å². The maximum atomic E-state index is 11.5. The van der Waals surface area contributed by atoms with Crippen molar-refractivity contribution in [3.8, 4) is 0 Å². The first kappa shape index (κ1) is 12.9. The van der Waals surface area contributed by atoms with Crippen molar-refractivity contribution in [1.29, 1.82) is 0 Å². The Balaban J connectivity index is 1.93. The van der Waals surface area contributed by atoms with Crippen molar-refractivity contribution < 1.29 is 9.53 Å². The summed E-state index contributed by atoms with van der Waals surface area (Å²) in [5, 5.41) is 3.48. The number of carbonyl (C=O) groups excluding carboxylic acids is 1. The Morgan fingerprint density at radius 2 is 2.17 bits per heavy atom. The van der Waals surface area contributed by atoms with Crippen LogP contribution in [0.4, 0.5) is 5.69 Å². The standard InChI is InChI=1S/C14H20N2O2/c1-3-18-14(17)11-4-6-12(7-5-11)15-13-8-9-16(2)10-13/h4-7,13,15H,3,8-10H2,1-2H3. The molecule has 0 amide bonds. The summed E-state index contributed by atoms with van der Waals surface area (Å²) in [6.07, 6.45) is 1.16. The van der Waals surface area contributed by atoms with Crippen LogP contribution in [-0.2, 0) is 4.74 Å². The lowest BCUT2D eigenvalue weighted by atomic mass is 10.2. The van der Waals surface area contributed by atoms with E-state index in [1.165, 1.54) is 0 Å². The van der Waals surface area contributed by atoms with Crippen molar-refractivity contribution in [2.24, 2.45) is 0 Å². The summed E-state index contributed by atoms with van der Waals surface area (Å²) in [5.74, 6) is -0.260. The lowest BCUT2D eigenvalue weighted by Gasteiger charge is -2.14. The molecule has 18 heavy (non-hydrogen) atoms. The fourth-order valence-electron chi connectivity index (χ4n) is 2.21. The number of likely N-dealkylation sites (N-methyl/N-ethyl adjacent to an activating group) is 1. The van der Waals surface area contributed by atoms with Gasteiger partial charge in [0.05, 0.1) is 12.2 Å². The first-order chi connectivity index (χ1) is 8.69. The first-order valence-electron chi connectivity index (χ1n) is 6.41. The number of hydrogen-bond acceptors (Lipinski definition) is 4. The molecule has 1 unspecified atom stereocenters. The van der Waals surface area contributed by atoms with Crippen molar-refractivity contribution in [1.82, 2.24) is 4.90 Å². The fraction of sp³-hybridized carbons (Fsp3) is 0.500. The van der Waals surface area contributed by atoms with E-state index in [0.717, 1.165) is 25.2 Å². The molecule has 1 N–H and O–H groups in total. The molecular weight excluding hydrogens is 228 g/mol. The number of nitrogens with zero attached hydrogens (tertiary/aromatic N) is 1. The van der Waals surface area contributed by atoms with E-state index in [1.54, 1.807) is 12.1 Å². The molecule has 1 aromatic rings. The van der Waals surface area contributed by atoms with Crippen LogP contribution in [-0.4, -0.2) is 43.7 Å². The zero-order chi connectivity index (χ0) is 13.0. The molecule has 0 aromatic heterocycles. The molecule has 0 spiro atoms. The van der Waals surface area contributed by atoms with Gasteiger partial charge in [-0.2, -0.15) is 0 Å². The minimum atomic E-state index is -0.260. The van der Waals surface area contributed by atoms with Gasteiger partial charge in [0.15, 0.2) is 0 Å². The monoisotopic (exact) mass is 248 g/mol. The molecule has 4 heteroatoms. The van der Waals surface area contributed by atoms with Crippen molar-refractivity contribution in [2.75, 3.05) is 32.1 Å². The zero-order valence-electron chi connectivity index (χ0n) is 11.0. The molecule has 4 nitrogen and oxygen atoms in total. The zero-order valence-corrected chi connectivity index (χ0v) is 11.0. The molecule has 0 aliphatic carbocycles. The highest BCUT2D eigenvalue weighted by Gasteiger charge is 2.18. The quantitative estimate of drug-likeness (QED) is 0.827. The number of anilines is 1. The Morgan fingerprint density at radius 1 is 1.44 bits per heavy atom. The first-order valence-corrected chi connectivity index (χ1v) is 6.41. The lowest BCUT2D eigenvalue weighted by Crippen LogP contribution is -2.23. The molecule has 1 heterocycles. The number of ether oxygens (including phenoxy) is 1. The Kier molecular flexibility index (Phi) is 4.20. The molecule has 1 aromatic carbocycles. The molecule has 1 aliphatic heterocycles. The Labute approximate surface area is 108 Å². The van der Waals surface area contributed by atoms with Crippen molar-refractivity contribution in [3.05, 3.63) is 29.8 Å². The maximum Gasteiger partial charge on any atom is 0.338 e. The molecule has 1 fully saturated rings. The van der Waals surface area contributed by atoms with E-state index in [4.69, 9.17) is 4.74 Å². The summed E-state index contributed by atoms with van der Waals surface area (Å²) in [4.78, 5) is 13.8. The summed E-state index contributed by atoms with van der Waals surface area (Å²) in [7, 11) is 2.13. The van der Waals surface area contributed by atoms with Gasteiger partial charge in [0, 0.05) is 18.3 Å². The van der Waals surface area contributed by atoms with E-state index in [0.29, 0.717) is 18.2 Å². The third kappa shape index (κ3) is 3.23. The lowest BCUT2D eigenvalue weighted by molar-refractivity contribution is 0.0526. The van der Waals surface area contributed by atoms with Crippen molar-refractivity contribution in [2.45, 2.75) is 19.4 Å². The van der Waals surface area contributed by atoms with Gasteiger partial charge in [-0.15, -0.1) is 0 Å². The Hall–Kier alpha value is -1.55. The van der Waals surface area contributed by atoms with Gasteiger partial charge in [-0.25, -0.2) is 4.79 Å². The Bertz CT molecular complexity index is 403.